The van der Waals surface area contributed by atoms with Crippen LogP contribution in [0, 0.1) is 19.7 Å². The van der Waals surface area contributed by atoms with E-state index in [1.54, 1.807) is 19.1 Å². The Labute approximate surface area is 121 Å². The maximum absolute atomic E-state index is 13.6. The fourth-order valence-electron chi connectivity index (χ4n) is 1.77. The molecule has 2 aromatic rings. The predicted octanol–water partition coefficient (Wildman–Crippen LogP) is 4.16. The van der Waals surface area contributed by atoms with Gasteiger partial charge < -0.3 is 4.74 Å². The van der Waals surface area contributed by atoms with E-state index in [9.17, 15) is 12.8 Å². The first-order chi connectivity index (χ1) is 9.27. The lowest BCUT2D eigenvalue weighted by molar-refractivity contribution is 0.441. The molecule has 0 bridgehead atoms. The van der Waals surface area contributed by atoms with Gasteiger partial charge in [0.15, 0.2) is 11.6 Å². The van der Waals surface area contributed by atoms with Gasteiger partial charge in [-0.2, -0.15) is 0 Å². The summed E-state index contributed by atoms with van der Waals surface area (Å²) >= 11 is 0. The lowest BCUT2D eigenvalue weighted by atomic mass is 10.2. The SMILES string of the molecule is Cc1ccc(F)c(Oc2ccc(S(=O)(=O)Cl)c(C)c2)c1. The van der Waals surface area contributed by atoms with Crippen molar-refractivity contribution in [1.82, 2.24) is 0 Å². The van der Waals surface area contributed by atoms with Gasteiger partial charge in [0.05, 0.1) is 4.90 Å². The zero-order valence-corrected chi connectivity index (χ0v) is 12.4. The minimum absolute atomic E-state index is 0.0104. The fraction of sp³-hybridized carbons (Fsp3) is 0.143. The summed E-state index contributed by atoms with van der Waals surface area (Å²) in [7, 11) is 1.50. The highest BCUT2D eigenvalue weighted by atomic mass is 35.7. The Morgan fingerprint density at radius 1 is 1.10 bits per heavy atom. The quantitative estimate of drug-likeness (QED) is 0.799. The summed E-state index contributed by atoms with van der Waals surface area (Å²) in [5, 5.41) is 0. The van der Waals surface area contributed by atoms with Crippen molar-refractivity contribution in [3.8, 4) is 11.5 Å². The zero-order chi connectivity index (χ0) is 14.9. The molecule has 3 nitrogen and oxygen atoms in total. The third-order valence-electron chi connectivity index (χ3n) is 2.72. The molecule has 0 amide bonds. The normalized spacial score (nSPS) is 11.4. The van der Waals surface area contributed by atoms with Gasteiger partial charge in [0, 0.05) is 10.7 Å². The van der Waals surface area contributed by atoms with Gasteiger partial charge in [-0.1, -0.05) is 6.07 Å². The molecule has 106 valence electrons. The molecule has 2 rings (SSSR count). The molecule has 6 heteroatoms. The van der Waals surface area contributed by atoms with Gasteiger partial charge in [-0.25, -0.2) is 12.8 Å². The molecule has 0 radical (unpaired) electrons. The molecule has 0 spiro atoms. The van der Waals surface area contributed by atoms with Gasteiger partial charge in [0.1, 0.15) is 5.75 Å². The Hall–Kier alpha value is -1.59. The molecule has 0 aliphatic rings. The zero-order valence-electron chi connectivity index (χ0n) is 10.9. The van der Waals surface area contributed by atoms with E-state index in [1.165, 1.54) is 24.3 Å². The molecule has 0 heterocycles. The minimum Gasteiger partial charge on any atom is -0.454 e. The van der Waals surface area contributed by atoms with Gasteiger partial charge in [0.2, 0.25) is 0 Å². The van der Waals surface area contributed by atoms with Crippen LogP contribution in [0.4, 0.5) is 4.39 Å². The number of aryl methyl sites for hydroxylation is 2. The van der Waals surface area contributed by atoms with Crippen molar-refractivity contribution < 1.29 is 17.5 Å². The molecular weight excluding hydrogens is 303 g/mol. The van der Waals surface area contributed by atoms with E-state index >= 15 is 0 Å². The van der Waals surface area contributed by atoms with Gasteiger partial charge in [-0.3, -0.25) is 0 Å². The van der Waals surface area contributed by atoms with Crippen LogP contribution in [0.3, 0.4) is 0 Å². The van der Waals surface area contributed by atoms with E-state index < -0.39 is 14.9 Å². The Morgan fingerprint density at radius 2 is 1.80 bits per heavy atom. The average molecular weight is 315 g/mol. The number of halogens is 2. The van der Waals surface area contributed by atoms with Crippen molar-refractivity contribution in [3.63, 3.8) is 0 Å². The molecule has 0 saturated heterocycles. The molecule has 0 aromatic heterocycles. The molecule has 20 heavy (non-hydrogen) atoms. The third kappa shape index (κ3) is 3.29. The highest BCUT2D eigenvalue weighted by Crippen LogP contribution is 2.29. The molecular formula is C14H12ClFO3S. The first-order valence-corrected chi connectivity index (χ1v) is 8.07. The molecule has 2 aromatic carbocycles. The second kappa shape index (κ2) is 5.42. The van der Waals surface area contributed by atoms with Crippen LogP contribution in [0.5, 0.6) is 11.5 Å². The Bertz CT molecular complexity index is 757. The van der Waals surface area contributed by atoms with Crippen LogP contribution in [0.2, 0.25) is 0 Å². The first-order valence-electron chi connectivity index (χ1n) is 5.77. The van der Waals surface area contributed by atoms with E-state index in [4.69, 9.17) is 15.4 Å². The lowest BCUT2D eigenvalue weighted by Gasteiger charge is -2.09. The van der Waals surface area contributed by atoms with Gasteiger partial charge in [-0.05, 0) is 55.3 Å². The Kier molecular flexibility index (Phi) is 4.01. The standard InChI is InChI=1S/C14H12ClFO3S/c1-9-3-5-12(16)13(7-9)19-11-4-6-14(10(2)8-11)20(15,17)18/h3-8H,1-2H3. The lowest BCUT2D eigenvalue weighted by Crippen LogP contribution is -1.96. The Balaban J connectivity index is 2.36. The smallest absolute Gasteiger partial charge is 0.261 e. The van der Waals surface area contributed by atoms with Crippen LogP contribution in [-0.2, 0) is 9.05 Å². The van der Waals surface area contributed by atoms with Crippen LogP contribution >= 0.6 is 10.7 Å². The maximum Gasteiger partial charge on any atom is 0.261 e. The second-order valence-corrected chi connectivity index (χ2v) is 6.94. The summed E-state index contributed by atoms with van der Waals surface area (Å²) in [5.74, 6) is -0.0516. The maximum atomic E-state index is 13.6. The summed E-state index contributed by atoms with van der Waals surface area (Å²) < 4.78 is 41.6. The number of benzene rings is 2. The van der Waals surface area contributed by atoms with Crippen LogP contribution in [0.15, 0.2) is 41.3 Å². The van der Waals surface area contributed by atoms with Crippen LogP contribution in [0.1, 0.15) is 11.1 Å². The van der Waals surface area contributed by atoms with E-state index in [1.807, 2.05) is 6.92 Å². The highest BCUT2D eigenvalue weighted by molar-refractivity contribution is 8.13. The van der Waals surface area contributed by atoms with Crippen molar-refractivity contribution in [2.45, 2.75) is 18.7 Å². The summed E-state index contributed by atoms with van der Waals surface area (Å²) in [4.78, 5) is 0.0104. The first kappa shape index (κ1) is 14.8. The molecule has 0 atom stereocenters. The van der Waals surface area contributed by atoms with Crippen molar-refractivity contribution in [1.29, 1.82) is 0 Å². The topological polar surface area (TPSA) is 43.4 Å². The summed E-state index contributed by atoms with van der Waals surface area (Å²) in [6, 6.07) is 8.78. The molecule has 0 aliphatic heterocycles. The van der Waals surface area contributed by atoms with Gasteiger partial charge in [0.25, 0.3) is 9.05 Å². The number of rotatable bonds is 3. The Morgan fingerprint density at radius 3 is 2.40 bits per heavy atom. The number of hydrogen-bond acceptors (Lipinski definition) is 3. The largest absolute Gasteiger partial charge is 0.454 e. The fourth-order valence-corrected chi connectivity index (χ4v) is 2.97. The van der Waals surface area contributed by atoms with Crippen LogP contribution in [0.25, 0.3) is 0 Å². The minimum atomic E-state index is -3.80. The van der Waals surface area contributed by atoms with Crippen molar-refractivity contribution in [2.75, 3.05) is 0 Å². The third-order valence-corrected chi connectivity index (χ3v) is 4.21. The van der Waals surface area contributed by atoms with Gasteiger partial charge >= 0.3 is 0 Å². The summed E-state index contributed by atoms with van der Waals surface area (Å²) in [6.45, 7) is 3.41. The van der Waals surface area contributed by atoms with Crippen LogP contribution < -0.4 is 4.74 Å². The van der Waals surface area contributed by atoms with E-state index in [2.05, 4.69) is 0 Å². The predicted molar refractivity (Wildman–Crippen MR) is 75.4 cm³/mol. The number of ether oxygens (including phenoxy) is 1. The molecule has 0 saturated carbocycles. The van der Waals surface area contributed by atoms with Crippen molar-refractivity contribution >= 4 is 19.7 Å². The van der Waals surface area contributed by atoms with Crippen molar-refractivity contribution in [2.24, 2.45) is 0 Å². The second-order valence-electron chi connectivity index (χ2n) is 4.40. The molecule has 0 aliphatic carbocycles. The monoisotopic (exact) mass is 314 g/mol. The van der Waals surface area contributed by atoms with Crippen LogP contribution in [-0.4, -0.2) is 8.42 Å². The molecule has 0 unspecified atom stereocenters. The molecule has 0 fully saturated rings. The number of hydrogen-bond donors (Lipinski definition) is 0. The molecule has 0 N–H and O–H groups in total. The van der Waals surface area contributed by atoms with E-state index in [-0.39, 0.29) is 10.6 Å². The van der Waals surface area contributed by atoms with Gasteiger partial charge in [-0.15, -0.1) is 0 Å². The van der Waals surface area contributed by atoms with Crippen molar-refractivity contribution in [3.05, 3.63) is 53.3 Å². The highest BCUT2D eigenvalue weighted by Gasteiger charge is 2.14. The van der Waals surface area contributed by atoms with E-state index in [0.717, 1.165) is 5.56 Å². The average Bonchev–Trinajstić information content (AvgIpc) is 2.32. The summed E-state index contributed by atoms with van der Waals surface area (Å²) in [6.07, 6.45) is 0. The van der Waals surface area contributed by atoms with E-state index in [0.29, 0.717) is 11.3 Å². The summed E-state index contributed by atoms with van der Waals surface area (Å²) in [5.41, 5.74) is 1.30.